The summed E-state index contributed by atoms with van der Waals surface area (Å²) >= 11 is 0. The lowest BCUT2D eigenvalue weighted by Gasteiger charge is -2.30. The number of ether oxygens (including phenoxy) is 1. The molecule has 0 spiro atoms. The van der Waals surface area contributed by atoms with Crippen molar-refractivity contribution in [2.75, 3.05) is 18.1 Å². The molecule has 1 saturated carbocycles. The Morgan fingerprint density at radius 2 is 1.89 bits per heavy atom. The van der Waals surface area contributed by atoms with Crippen molar-refractivity contribution in [2.24, 2.45) is 0 Å². The number of hydrogen-bond acceptors (Lipinski definition) is 4. The summed E-state index contributed by atoms with van der Waals surface area (Å²) in [5.74, 6) is 0.759. The Balaban J connectivity index is 1.91. The summed E-state index contributed by atoms with van der Waals surface area (Å²) in [7, 11) is -1.70. The molecule has 0 atom stereocenters. The average molecular weight is 395 g/mol. The number of fused-ring (bicyclic) bond motifs is 1. The van der Waals surface area contributed by atoms with Crippen molar-refractivity contribution in [2.45, 2.75) is 25.3 Å². The van der Waals surface area contributed by atoms with E-state index >= 15 is 0 Å². The molecule has 1 heterocycles. The molecule has 144 valence electrons. The van der Waals surface area contributed by atoms with Gasteiger partial charge in [-0.05, 0) is 49.1 Å². The smallest absolute Gasteiger partial charge is 0.229 e. The van der Waals surface area contributed by atoms with Gasteiger partial charge in [-0.3, -0.25) is 4.72 Å². The molecule has 1 fully saturated rings. The van der Waals surface area contributed by atoms with E-state index in [0.717, 1.165) is 47.0 Å². The summed E-state index contributed by atoms with van der Waals surface area (Å²) in [6, 6.07) is 15.7. The van der Waals surface area contributed by atoms with Crippen LogP contribution in [0.3, 0.4) is 0 Å². The minimum Gasteiger partial charge on any atom is -0.497 e. The Hall–Kier alpha value is -2.98. The summed E-state index contributed by atoms with van der Waals surface area (Å²) in [5.41, 5.74) is 3.89. The van der Waals surface area contributed by atoms with Crippen LogP contribution < -0.4 is 9.46 Å². The van der Waals surface area contributed by atoms with Crippen LogP contribution in [-0.4, -0.2) is 26.4 Å². The van der Waals surface area contributed by atoms with Crippen LogP contribution in [0.5, 0.6) is 5.75 Å². The number of nitrogens with one attached hydrogen (secondary N) is 1. The lowest BCUT2D eigenvalue weighted by molar-refractivity contribution is 0.324. The van der Waals surface area contributed by atoms with Crippen molar-refractivity contribution >= 4 is 26.6 Å². The van der Waals surface area contributed by atoms with Crippen LogP contribution in [0.2, 0.25) is 0 Å². The fraction of sp³-hybridized carbons (Fsp3) is 0.286. The van der Waals surface area contributed by atoms with E-state index in [9.17, 15) is 13.7 Å². The van der Waals surface area contributed by atoms with Gasteiger partial charge in [-0.25, -0.2) is 8.42 Å². The zero-order chi connectivity index (χ0) is 19.9. The van der Waals surface area contributed by atoms with Crippen LogP contribution in [0.15, 0.2) is 42.5 Å². The molecule has 4 rings (SSSR count). The molecule has 0 saturated heterocycles. The molecule has 2 aromatic carbocycles. The van der Waals surface area contributed by atoms with Crippen molar-refractivity contribution in [3.8, 4) is 23.1 Å². The maximum Gasteiger partial charge on any atom is 0.229 e. The highest BCUT2D eigenvalue weighted by Gasteiger charge is 2.28. The monoisotopic (exact) mass is 395 g/mol. The first-order valence-corrected chi connectivity index (χ1v) is 11.0. The molecule has 0 radical (unpaired) electrons. The molecule has 1 N–H and O–H groups in total. The van der Waals surface area contributed by atoms with Gasteiger partial charge in [0.2, 0.25) is 10.0 Å². The van der Waals surface area contributed by atoms with Crippen LogP contribution in [0.25, 0.3) is 22.2 Å². The van der Waals surface area contributed by atoms with Gasteiger partial charge in [-0.15, -0.1) is 0 Å². The molecule has 28 heavy (non-hydrogen) atoms. The van der Waals surface area contributed by atoms with Crippen LogP contribution in [0.4, 0.5) is 5.69 Å². The highest BCUT2D eigenvalue weighted by atomic mass is 32.2. The van der Waals surface area contributed by atoms with E-state index in [4.69, 9.17) is 4.74 Å². The standard InChI is InChI=1S/C21H21N3O3S/c1-27-17-10-11-18-19(13-22)21(24(20(18)12-17)16-4-3-5-16)14-6-8-15(9-7-14)23-28(2,25)26/h6-12,16,23H,3-5H2,1-2H3. The summed E-state index contributed by atoms with van der Waals surface area (Å²) in [6.07, 6.45) is 4.45. The van der Waals surface area contributed by atoms with Crippen LogP contribution in [-0.2, 0) is 10.0 Å². The molecule has 1 aliphatic carbocycles. The topological polar surface area (TPSA) is 84.1 Å². The average Bonchev–Trinajstić information content (AvgIpc) is 2.93. The molecule has 0 amide bonds. The number of aromatic nitrogens is 1. The predicted octanol–water partition coefficient (Wildman–Crippen LogP) is 4.29. The molecule has 0 bridgehead atoms. The maximum atomic E-state index is 11.5. The molecular formula is C21H21N3O3S. The maximum absolute atomic E-state index is 11.5. The van der Waals surface area contributed by atoms with Gasteiger partial charge in [0.25, 0.3) is 0 Å². The first kappa shape index (κ1) is 18.4. The summed E-state index contributed by atoms with van der Waals surface area (Å²) < 4.78 is 33.0. The molecule has 0 aliphatic heterocycles. The Bertz CT molecular complexity index is 1180. The number of methoxy groups -OCH3 is 1. The summed E-state index contributed by atoms with van der Waals surface area (Å²) in [4.78, 5) is 0. The van der Waals surface area contributed by atoms with Crippen LogP contribution >= 0.6 is 0 Å². The number of hydrogen-bond donors (Lipinski definition) is 1. The van der Waals surface area contributed by atoms with E-state index in [1.165, 1.54) is 6.42 Å². The Labute approximate surface area is 164 Å². The van der Waals surface area contributed by atoms with Gasteiger partial charge in [0.05, 0.1) is 30.1 Å². The second-order valence-electron chi connectivity index (χ2n) is 7.12. The van der Waals surface area contributed by atoms with Crippen LogP contribution in [0.1, 0.15) is 30.9 Å². The van der Waals surface area contributed by atoms with Crippen molar-refractivity contribution in [3.63, 3.8) is 0 Å². The van der Waals surface area contributed by atoms with E-state index in [2.05, 4.69) is 15.4 Å². The van der Waals surface area contributed by atoms with E-state index in [-0.39, 0.29) is 0 Å². The first-order valence-electron chi connectivity index (χ1n) is 9.11. The number of benzene rings is 2. The number of nitriles is 1. The van der Waals surface area contributed by atoms with Gasteiger partial charge in [-0.1, -0.05) is 12.1 Å². The number of rotatable bonds is 5. The SMILES string of the molecule is COc1ccc2c(C#N)c(-c3ccc(NS(C)(=O)=O)cc3)n(C3CCC3)c2c1. The fourth-order valence-electron chi connectivity index (χ4n) is 3.75. The second kappa shape index (κ2) is 6.88. The van der Waals surface area contributed by atoms with E-state index < -0.39 is 10.0 Å². The molecule has 1 aliphatic rings. The molecule has 0 unspecified atom stereocenters. The molecule has 3 aromatic rings. The lowest BCUT2D eigenvalue weighted by atomic mass is 9.92. The van der Waals surface area contributed by atoms with Gasteiger partial charge in [-0.2, -0.15) is 5.26 Å². The third-order valence-electron chi connectivity index (χ3n) is 5.22. The molecular weight excluding hydrogens is 374 g/mol. The van der Waals surface area contributed by atoms with Crippen LogP contribution in [0, 0.1) is 11.3 Å². The van der Waals surface area contributed by atoms with E-state index in [0.29, 0.717) is 17.3 Å². The molecule has 7 heteroatoms. The molecule has 1 aromatic heterocycles. The zero-order valence-corrected chi connectivity index (χ0v) is 16.6. The highest BCUT2D eigenvalue weighted by Crippen LogP contribution is 2.43. The predicted molar refractivity (Wildman–Crippen MR) is 110 cm³/mol. The second-order valence-corrected chi connectivity index (χ2v) is 8.87. The van der Waals surface area contributed by atoms with Crippen molar-refractivity contribution in [3.05, 3.63) is 48.0 Å². The normalized spacial score (nSPS) is 14.5. The number of anilines is 1. The quantitative estimate of drug-likeness (QED) is 0.699. The summed E-state index contributed by atoms with van der Waals surface area (Å²) in [6.45, 7) is 0. The molecule has 6 nitrogen and oxygen atoms in total. The van der Waals surface area contributed by atoms with E-state index in [1.807, 2.05) is 30.3 Å². The van der Waals surface area contributed by atoms with Crippen molar-refractivity contribution < 1.29 is 13.2 Å². The largest absolute Gasteiger partial charge is 0.497 e. The Kier molecular flexibility index (Phi) is 4.52. The lowest BCUT2D eigenvalue weighted by Crippen LogP contribution is -2.17. The van der Waals surface area contributed by atoms with Crippen molar-refractivity contribution in [1.29, 1.82) is 5.26 Å². The fourth-order valence-corrected chi connectivity index (χ4v) is 4.31. The zero-order valence-electron chi connectivity index (χ0n) is 15.8. The van der Waals surface area contributed by atoms with Gasteiger partial charge >= 0.3 is 0 Å². The van der Waals surface area contributed by atoms with Gasteiger partial charge in [0.15, 0.2) is 0 Å². The highest BCUT2D eigenvalue weighted by molar-refractivity contribution is 7.92. The Morgan fingerprint density at radius 3 is 2.43 bits per heavy atom. The third-order valence-corrected chi connectivity index (χ3v) is 5.83. The first-order chi connectivity index (χ1) is 13.4. The minimum atomic E-state index is -3.33. The van der Waals surface area contributed by atoms with Gasteiger partial charge in [0.1, 0.15) is 11.8 Å². The van der Waals surface area contributed by atoms with Crippen molar-refractivity contribution in [1.82, 2.24) is 4.57 Å². The van der Waals surface area contributed by atoms with Gasteiger partial charge in [0, 0.05) is 23.2 Å². The summed E-state index contributed by atoms with van der Waals surface area (Å²) in [5, 5.41) is 10.8. The van der Waals surface area contributed by atoms with E-state index in [1.54, 1.807) is 19.2 Å². The van der Waals surface area contributed by atoms with Gasteiger partial charge < -0.3 is 9.30 Å². The minimum absolute atomic E-state index is 0.348. The number of nitrogens with zero attached hydrogens (tertiary/aromatic N) is 2. The Morgan fingerprint density at radius 1 is 1.18 bits per heavy atom. The third kappa shape index (κ3) is 3.20. The number of sulfonamides is 1.